The zero-order chi connectivity index (χ0) is 12.3. The Balaban J connectivity index is 2.56. The summed E-state index contributed by atoms with van der Waals surface area (Å²) in [5.41, 5.74) is 2.01. The van der Waals surface area contributed by atoms with Crippen molar-refractivity contribution in [3.63, 3.8) is 0 Å². The zero-order valence-electron chi connectivity index (χ0n) is 9.27. The Hall–Kier alpha value is -2.34. The smallest absolute Gasteiger partial charge is 0.128 e. The van der Waals surface area contributed by atoms with Gasteiger partial charge in [-0.1, -0.05) is 12.1 Å². The standard InChI is InChI=1S/C14H10FNO/c1-17-14-7-10(9-16)5-6-13(14)11-3-2-4-12(15)8-11/h2-8H,1H3. The molecule has 0 N–H and O–H groups in total. The molecule has 84 valence electrons. The van der Waals surface area contributed by atoms with Crippen molar-refractivity contribution in [2.45, 2.75) is 0 Å². The maximum absolute atomic E-state index is 13.1. The second-order valence-corrected chi connectivity index (χ2v) is 3.54. The first-order chi connectivity index (χ1) is 8.24. The topological polar surface area (TPSA) is 33.0 Å². The van der Waals surface area contributed by atoms with Crippen molar-refractivity contribution in [1.29, 1.82) is 5.26 Å². The SMILES string of the molecule is COc1cc(C#N)ccc1-c1cccc(F)c1. The van der Waals surface area contributed by atoms with Gasteiger partial charge in [-0.25, -0.2) is 4.39 Å². The highest BCUT2D eigenvalue weighted by atomic mass is 19.1. The minimum absolute atomic E-state index is 0.297. The molecule has 2 aromatic carbocycles. The van der Waals surface area contributed by atoms with Crippen LogP contribution in [0.15, 0.2) is 42.5 Å². The van der Waals surface area contributed by atoms with E-state index in [4.69, 9.17) is 10.00 Å². The van der Waals surface area contributed by atoms with Gasteiger partial charge in [-0.2, -0.15) is 5.26 Å². The van der Waals surface area contributed by atoms with Crippen LogP contribution in [0.2, 0.25) is 0 Å². The number of benzene rings is 2. The molecular formula is C14H10FNO. The molecule has 0 aliphatic heterocycles. The molecule has 3 heteroatoms. The van der Waals surface area contributed by atoms with E-state index in [2.05, 4.69) is 0 Å². The number of methoxy groups -OCH3 is 1. The third-order valence-electron chi connectivity index (χ3n) is 2.47. The highest BCUT2D eigenvalue weighted by Gasteiger charge is 2.07. The minimum atomic E-state index is -0.297. The molecule has 0 heterocycles. The molecule has 0 saturated heterocycles. The molecule has 0 unspecified atom stereocenters. The first-order valence-electron chi connectivity index (χ1n) is 5.08. The van der Waals surface area contributed by atoms with Gasteiger partial charge < -0.3 is 4.74 Å². The quantitative estimate of drug-likeness (QED) is 0.788. The van der Waals surface area contributed by atoms with Crippen LogP contribution in [0.3, 0.4) is 0 Å². The third-order valence-corrected chi connectivity index (χ3v) is 2.47. The third kappa shape index (κ3) is 2.26. The van der Waals surface area contributed by atoms with Crippen LogP contribution in [0.25, 0.3) is 11.1 Å². The number of halogens is 1. The van der Waals surface area contributed by atoms with Gasteiger partial charge in [0.1, 0.15) is 11.6 Å². The molecule has 0 fully saturated rings. The van der Waals surface area contributed by atoms with E-state index in [9.17, 15) is 4.39 Å². The molecule has 0 aliphatic carbocycles. The summed E-state index contributed by atoms with van der Waals surface area (Å²) in [7, 11) is 1.53. The van der Waals surface area contributed by atoms with Crippen molar-refractivity contribution in [2.75, 3.05) is 7.11 Å². The maximum Gasteiger partial charge on any atom is 0.128 e. The summed E-state index contributed by atoms with van der Waals surface area (Å²) < 4.78 is 18.3. The van der Waals surface area contributed by atoms with Crippen LogP contribution in [0.1, 0.15) is 5.56 Å². The van der Waals surface area contributed by atoms with Crippen molar-refractivity contribution in [1.82, 2.24) is 0 Å². The second kappa shape index (κ2) is 4.67. The first-order valence-corrected chi connectivity index (χ1v) is 5.08. The van der Waals surface area contributed by atoms with Crippen molar-refractivity contribution in [2.24, 2.45) is 0 Å². The van der Waals surface area contributed by atoms with E-state index in [0.29, 0.717) is 11.3 Å². The minimum Gasteiger partial charge on any atom is -0.496 e. The Bertz CT molecular complexity index is 587. The van der Waals surface area contributed by atoms with Gasteiger partial charge >= 0.3 is 0 Å². The largest absolute Gasteiger partial charge is 0.496 e. The van der Waals surface area contributed by atoms with Gasteiger partial charge in [0, 0.05) is 5.56 Å². The molecule has 0 atom stereocenters. The van der Waals surface area contributed by atoms with Gasteiger partial charge in [-0.05, 0) is 35.9 Å². The molecule has 0 saturated carbocycles. The van der Waals surface area contributed by atoms with E-state index >= 15 is 0 Å². The predicted octanol–water partition coefficient (Wildman–Crippen LogP) is 3.37. The van der Waals surface area contributed by atoms with Crippen LogP contribution in [0, 0.1) is 17.1 Å². The predicted molar refractivity (Wildman–Crippen MR) is 63.1 cm³/mol. The normalized spacial score (nSPS) is 9.71. The summed E-state index contributed by atoms with van der Waals surface area (Å²) in [5.74, 6) is 0.267. The number of nitrogens with zero attached hydrogens (tertiary/aromatic N) is 1. The van der Waals surface area contributed by atoms with Crippen LogP contribution in [0.5, 0.6) is 5.75 Å². The highest BCUT2D eigenvalue weighted by Crippen LogP contribution is 2.30. The fourth-order valence-electron chi connectivity index (χ4n) is 1.66. The van der Waals surface area contributed by atoms with Crippen LogP contribution in [-0.4, -0.2) is 7.11 Å². The molecular weight excluding hydrogens is 217 g/mol. The second-order valence-electron chi connectivity index (χ2n) is 3.54. The van der Waals surface area contributed by atoms with E-state index in [-0.39, 0.29) is 5.82 Å². The summed E-state index contributed by atoms with van der Waals surface area (Å²) in [6.07, 6.45) is 0. The molecule has 0 bridgehead atoms. The van der Waals surface area contributed by atoms with E-state index in [1.165, 1.54) is 19.2 Å². The van der Waals surface area contributed by atoms with Crippen LogP contribution < -0.4 is 4.74 Å². The number of hydrogen-bond acceptors (Lipinski definition) is 2. The molecule has 0 aliphatic rings. The lowest BCUT2D eigenvalue weighted by atomic mass is 10.0. The Labute approximate surface area is 98.9 Å². The Morgan fingerprint density at radius 3 is 2.65 bits per heavy atom. The molecule has 2 aromatic rings. The first kappa shape index (κ1) is 11.2. The summed E-state index contributed by atoms with van der Waals surface area (Å²) in [5, 5.41) is 8.80. The Kier molecular flexibility index (Phi) is 3.06. The molecule has 0 spiro atoms. The van der Waals surface area contributed by atoms with Gasteiger partial charge in [-0.15, -0.1) is 0 Å². The van der Waals surface area contributed by atoms with Crippen molar-refractivity contribution in [3.05, 3.63) is 53.8 Å². The Morgan fingerprint density at radius 1 is 1.18 bits per heavy atom. The summed E-state index contributed by atoms with van der Waals surface area (Å²) in [4.78, 5) is 0. The van der Waals surface area contributed by atoms with E-state index in [1.54, 1.807) is 30.3 Å². The lowest BCUT2D eigenvalue weighted by Gasteiger charge is -2.08. The molecule has 0 radical (unpaired) electrons. The summed E-state index contributed by atoms with van der Waals surface area (Å²) in [6, 6.07) is 13.4. The van der Waals surface area contributed by atoms with Crippen molar-refractivity contribution in [3.8, 4) is 22.9 Å². The monoisotopic (exact) mass is 227 g/mol. The van der Waals surface area contributed by atoms with E-state index < -0.39 is 0 Å². The average Bonchev–Trinajstić information content (AvgIpc) is 2.38. The summed E-state index contributed by atoms with van der Waals surface area (Å²) in [6.45, 7) is 0. The van der Waals surface area contributed by atoms with Gasteiger partial charge in [0.05, 0.1) is 18.7 Å². The zero-order valence-corrected chi connectivity index (χ0v) is 9.27. The molecule has 0 aromatic heterocycles. The van der Waals surface area contributed by atoms with Crippen molar-refractivity contribution < 1.29 is 9.13 Å². The number of ether oxygens (including phenoxy) is 1. The fourth-order valence-corrected chi connectivity index (χ4v) is 1.66. The van der Waals surface area contributed by atoms with Crippen LogP contribution >= 0.6 is 0 Å². The molecule has 0 amide bonds. The molecule has 2 nitrogen and oxygen atoms in total. The lowest BCUT2D eigenvalue weighted by Crippen LogP contribution is -1.89. The fraction of sp³-hybridized carbons (Fsp3) is 0.0714. The summed E-state index contributed by atoms with van der Waals surface area (Å²) >= 11 is 0. The van der Waals surface area contributed by atoms with Gasteiger partial charge in [0.25, 0.3) is 0 Å². The lowest BCUT2D eigenvalue weighted by molar-refractivity contribution is 0.416. The van der Waals surface area contributed by atoms with E-state index in [1.807, 2.05) is 6.07 Å². The van der Waals surface area contributed by atoms with Crippen LogP contribution in [0.4, 0.5) is 4.39 Å². The number of rotatable bonds is 2. The molecule has 2 rings (SSSR count). The van der Waals surface area contributed by atoms with Gasteiger partial charge in [-0.3, -0.25) is 0 Å². The number of hydrogen-bond donors (Lipinski definition) is 0. The highest BCUT2D eigenvalue weighted by molar-refractivity contribution is 5.71. The Morgan fingerprint density at radius 2 is 2.00 bits per heavy atom. The van der Waals surface area contributed by atoms with Gasteiger partial charge in [0.15, 0.2) is 0 Å². The van der Waals surface area contributed by atoms with E-state index in [0.717, 1.165) is 11.1 Å². The average molecular weight is 227 g/mol. The van der Waals surface area contributed by atoms with Crippen LogP contribution in [-0.2, 0) is 0 Å². The van der Waals surface area contributed by atoms with Crippen molar-refractivity contribution >= 4 is 0 Å². The number of nitriles is 1. The maximum atomic E-state index is 13.1. The van der Waals surface area contributed by atoms with Gasteiger partial charge in [0.2, 0.25) is 0 Å². The molecule has 17 heavy (non-hydrogen) atoms.